The Labute approximate surface area is 152 Å². The van der Waals surface area contributed by atoms with Gasteiger partial charge in [0.1, 0.15) is 0 Å². The van der Waals surface area contributed by atoms with E-state index in [2.05, 4.69) is 6.92 Å². The summed E-state index contributed by atoms with van der Waals surface area (Å²) in [5.41, 5.74) is 0. The molecule has 0 saturated heterocycles. The van der Waals surface area contributed by atoms with Gasteiger partial charge in [-0.2, -0.15) is 0 Å². The average Bonchev–Trinajstić information content (AvgIpc) is 2.50. The highest BCUT2D eigenvalue weighted by atomic mass is 35.5. The zero-order valence-corrected chi connectivity index (χ0v) is 16.4. The Morgan fingerprint density at radius 2 is 1.09 bits per heavy atom. The fourth-order valence-electron chi connectivity index (χ4n) is 2.79. The SMILES string of the molecule is CC(CCCCCCCCCCCCCC(=O)Cl)C(C)C(=O)Cl. The van der Waals surface area contributed by atoms with E-state index in [-0.39, 0.29) is 16.4 Å². The normalized spacial score (nSPS) is 13.7. The lowest BCUT2D eigenvalue weighted by Crippen LogP contribution is -2.14. The van der Waals surface area contributed by atoms with Crippen molar-refractivity contribution in [2.24, 2.45) is 11.8 Å². The molecule has 0 aliphatic heterocycles. The van der Waals surface area contributed by atoms with Gasteiger partial charge in [0.05, 0.1) is 0 Å². The number of rotatable bonds is 16. The molecule has 0 aliphatic carbocycles. The van der Waals surface area contributed by atoms with Crippen LogP contribution in [0.25, 0.3) is 0 Å². The average molecular weight is 365 g/mol. The molecule has 0 bridgehead atoms. The van der Waals surface area contributed by atoms with Crippen molar-refractivity contribution < 1.29 is 9.59 Å². The maximum atomic E-state index is 11.1. The first-order valence-corrected chi connectivity index (χ1v) is 10.1. The molecule has 0 aromatic rings. The van der Waals surface area contributed by atoms with Crippen molar-refractivity contribution in [2.45, 2.75) is 97.3 Å². The molecule has 0 N–H and O–H groups in total. The second-order valence-electron chi connectivity index (χ2n) is 6.85. The van der Waals surface area contributed by atoms with Crippen molar-refractivity contribution in [1.82, 2.24) is 0 Å². The molecule has 23 heavy (non-hydrogen) atoms. The summed E-state index contributed by atoms with van der Waals surface area (Å²) >= 11 is 10.8. The van der Waals surface area contributed by atoms with Gasteiger partial charge in [0.15, 0.2) is 0 Å². The van der Waals surface area contributed by atoms with Crippen LogP contribution in [0.4, 0.5) is 0 Å². The monoisotopic (exact) mass is 364 g/mol. The number of hydrogen-bond acceptors (Lipinski definition) is 2. The summed E-state index contributed by atoms with van der Waals surface area (Å²) in [5.74, 6) is 0.383. The minimum absolute atomic E-state index is 0.0146. The van der Waals surface area contributed by atoms with Crippen LogP contribution in [0.1, 0.15) is 97.3 Å². The molecule has 2 atom stereocenters. The van der Waals surface area contributed by atoms with E-state index in [0.717, 1.165) is 19.3 Å². The van der Waals surface area contributed by atoms with Crippen LogP contribution in [0.15, 0.2) is 0 Å². The van der Waals surface area contributed by atoms with Gasteiger partial charge in [-0.3, -0.25) is 9.59 Å². The van der Waals surface area contributed by atoms with Crippen LogP contribution in [-0.4, -0.2) is 10.5 Å². The summed E-state index contributed by atoms with van der Waals surface area (Å²) in [7, 11) is 0. The maximum Gasteiger partial charge on any atom is 0.224 e. The van der Waals surface area contributed by atoms with E-state index in [9.17, 15) is 9.59 Å². The second kappa shape index (κ2) is 15.4. The maximum absolute atomic E-state index is 11.1. The van der Waals surface area contributed by atoms with Crippen molar-refractivity contribution in [1.29, 1.82) is 0 Å². The van der Waals surface area contributed by atoms with E-state index in [1.54, 1.807) is 0 Å². The largest absolute Gasteiger partial charge is 0.281 e. The third kappa shape index (κ3) is 15.2. The number of halogens is 2. The van der Waals surface area contributed by atoms with Crippen molar-refractivity contribution in [3.8, 4) is 0 Å². The molecule has 0 fully saturated rings. The van der Waals surface area contributed by atoms with Gasteiger partial charge in [0.25, 0.3) is 0 Å². The van der Waals surface area contributed by atoms with Crippen LogP contribution in [0.3, 0.4) is 0 Å². The molecule has 0 spiro atoms. The summed E-state index contributed by atoms with van der Waals surface area (Å²) in [4.78, 5) is 21.6. The summed E-state index contributed by atoms with van der Waals surface area (Å²) < 4.78 is 0. The molecular weight excluding hydrogens is 331 g/mol. The van der Waals surface area contributed by atoms with E-state index >= 15 is 0 Å². The van der Waals surface area contributed by atoms with Crippen molar-refractivity contribution in [3.05, 3.63) is 0 Å². The summed E-state index contributed by atoms with van der Waals surface area (Å²) in [5, 5.41) is -0.408. The van der Waals surface area contributed by atoms with Gasteiger partial charge < -0.3 is 0 Å². The van der Waals surface area contributed by atoms with Crippen LogP contribution >= 0.6 is 23.2 Å². The predicted octanol–water partition coefficient (Wildman–Crippen LogP) is 6.86. The zero-order chi connectivity index (χ0) is 17.5. The van der Waals surface area contributed by atoms with Gasteiger partial charge in [-0.15, -0.1) is 0 Å². The van der Waals surface area contributed by atoms with Crippen LogP contribution in [0.5, 0.6) is 0 Å². The van der Waals surface area contributed by atoms with Gasteiger partial charge in [-0.25, -0.2) is 0 Å². The first-order valence-electron chi connectivity index (χ1n) is 9.32. The molecular formula is C19H34Cl2O2. The molecule has 0 aromatic heterocycles. The highest BCUT2D eigenvalue weighted by molar-refractivity contribution is 6.64. The Morgan fingerprint density at radius 1 is 0.696 bits per heavy atom. The minimum Gasteiger partial charge on any atom is -0.281 e. The Hall–Kier alpha value is -0.0800. The van der Waals surface area contributed by atoms with Gasteiger partial charge in [-0.1, -0.05) is 78.1 Å². The first-order chi connectivity index (χ1) is 10.9. The fourth-order valence-corrected chi connectivity index (χ4v) is 3.14. The molecule has 0 aromatic carbocycles. The highest BCUT2D eigenvalue weighted by Gasteiger charge is 2.17. The molecule has 136 valence electrons. The molecule has 4 heteroatoms. The van der Waals surface area contributed by atoms with Crippen molar-refractivity contribution in [3.63, 3.8) is 0 Å². The van der Waals surface area contributed by atoms with Crippen LogP contribution in [0.2, 0.25) is 0 Å². The van der Waals surface area contributed by atoms with Gasteiger partial charge >= 0.3 is 0 Å². The lowest BCUT2D eigenvalue weighted by atomic mass is 9.91. The van der Waals surface area contributed by atoms with Gasteiger partial charge in [0.2, 0.25) is 10.5 Å². The third-order valence-electron chi connectivity index (χ3n) is 4.74. The second-order valence-corrected chi connectivity index (χ2v) is 7.65. The minimum atomic E-state index is -0.205. The number of carbonyl (C=O) groups excluding carboxylic acids is 2. The van der Waals surface area contributed by atoms with E-state index < -0.39 is 0 Å². The summed E-state index contributed by atoms with van der Waals surface area (Å²) in [6.45, 7) is 4.04. The molecule has 0 amide bonds. The molecule has 0 radical (unpaired) electrons. The van der Waals surface area contributed by atoms with Gasteiger partial charge in [0, 0.05) is 12.3 Å². The van der Waals surface area contributed by atoms with E-state index in [4.69, 9.17) is 23.2 Å². The van der Waals surface area contributed by atoms with Crippen molar-refractivity contribution in [2.75, 3.05) is 0 Å². The fraction of sp³-hybridized carbons (Fsp3) is 0.895. The third-order valence-corrected chi connectivity index (χ3v) is 5.28. The molecule has 0 heterocycles. The lowest BCUT2D eigenvalue weighted by Gasteiger charge is -2.15. The van der Waals surface area contributed by atoms with Crippen LogP contribution < -0.4 is 0 Å². The number of carbonyl (C=O) groups is 2. The van der Waals surface area contributed by atoms with Crippen molar-refractivity contribution >= 4 is 33.7 Å². The van der Waals surface area contributed by atoms with E-state index in [0.29, 0.717) is 12.3 Å². The summed E-state index contributed by atoms with van der Waals surface area (Å²) in [6.07, 6.45) is 15.2. The Balaban J connectivity index is 3.22. The Kier molecular flexibility index (Phi) is 15.4. The topological polar surface area (TPSA) is 34.1 Å². The smallest absolute Gasteiger partial charge is 0.224 e. The molecule has 0 rings (SSSR count). The Bertz CT molecular complexity index is 318. The van der Waals surface area contributed by atoms with Gasteiger partial charge in [-0.05, 0) is 42.0 Å². The van der Waals surface area contributed by atoms with E-state index in [1.807, 2.05) is 6.92 Å². The lowest BCUT2D eigenvalue weighted by molar-refractivity contribution is -0.116. The molecule has 0 saturated carbocycles. The summed E-state index contributed by atoms with van der Waals surface area (Å²) in [6, 6.07) is 0. The van der Waals surface area contributed by atoms with Crippen LogP contribution in [0, 0.1) is 11.8 Å². The highest BCUT2D eigenvalue weighted by Crippen LogP contribution is 2.21. The standard InChI is InChI=1S/C19H34Cl2O2/c1-16(17(2)19(21)23)14-12-10-8-6-4-3-5-7-9-11-13-15-18(20)22/h16-17H,3-15H2,1-2H3. The number of hydrogen-bond donors (Lipinski definition) is 0. The molecule has 2 unspecified atom stereocenters. The first kappa shape index (κ1) is 22.9. The quantitative estimate of drug-likeness (QED) is 0.221. The molecule has 2 nitrogen and oxygen atoms in total. The van der Waals surface area contributed by atoms with E-state index in [1.165, 1.54) is 57.8 Å². The Morgan fingerprint density at radius 3 is 1.48 bits per heavy atom. The zero-order valence-electron chi connectivity index (χ0n) is 14.9. The number of unbranched alkanes of at least 4 members (excludes halogenated alkanes) is 10. The predicted molar refractivity (Wildman–Crippen MR) is 100 cm³/mol. The molecule has 0 aliphatic rings. The van der Waals surface area contributed by atoms with Crippen LogP contribution in [-0.2, 0) is 9.59 Å².